The summed E-state index contributed by atoms with van der Waals surface area (Å²) < 4.78 is 79.1. The van der Waals surface area contributed by atoms with Crippen molar-refractivity contribution in [1.82, 2.24) is 0 Å². The molecule has 142 valence electrons. The number of allylic oxidation sites excluding steroid dienone is 1. The molecule has 0 fully saturated rings. The Kier molecular flexibility index (Phi) is 6.13. The molecule has 1 aromatic rings. The van der Waals surface area contributed by atoms with Crippen molar-refractivity contribution >= 4 is 11.9 Å². The number of alkyl halides is 6. The van der Waals surface area contributed by atoms with Crippen LogP contribution in [0.2, 0.25) is 0 Å². The molecular formula is C17H15F6NO2. The summed E-state index contributed by atoms with van der Waals surface area (Å²) in [6.45, 7) is 4.81. The molecule has 1 atom stereocenters. The Morgan fingerprint density at radius 3 is 2.00 bits per heavy atom. The number of ether oxygens (including phenoxy) is 1. The van der Waals surface area contributed by atoms with Crippen molar-refractivity contribution in [2.45, 2.75) is 39.2 Å². The molecule has 9 heteroatoms. The minimum atomic E-state index is -5.78. The van der Waals surface area contributed by atoms with E-state index in [1.807, 2.05) is 0 Å². The van der Waals surface area contributed by atoms with Gasteiger partial charge in [0.2, 0.25) is 0 Å². The Labute approximate surface area is 145 Å². The molecule has 0 aromatic heterocycles. The Bertz CT molecular complexity index is 724. The standard InChI is InChI=1S/C17H15F6NO2/c1-15(2,3)13(25)11(9-24)8-10-4-6-12(7-5-10)26-17(22,23)14(18)16(19,20)21/h4-8,14H,1-3H3/b11-8-/t14-/m0/s1. The summed E-state index contributed by atoms with van der Waals surface area (Å²) >= 11 is 0. The van der Waals surface area contributed by atoms with E-state index in [1.165, 1.54) is 6.08 Å². The zero-order chi connectivity index (χ0) is 20.3. The molecule has 1 aromatic carbocycles. The highest BCUT2D eigenvalue weighted by Crippen LogP contribution is 2.36. The number of Topliss-reactive ketones (excluding diaryl/α,β-unsaturated/α-hetero) is 1. The molecule has 0 amide bonds. The highest BCUT2D eigenvalue weighted by atomic mass is 19.4. The lowest BCUT2D eigenvalue weighted by Gasteiger charge is -2.23. The molecule has 0 aliphatic heterocycles. The van der Waals surface area contributed by atoms with Crippen LogP contribution in [0, 0.1) is 16.7 Å². The number of carbonyl (C=O) groups excluding carboxylic acids is 1. The first-order valence-corrected chi connectivity index (χ1v) is 7.23. The summed E-state index contributed by atoms with van der Waals surface area (Å²) in [6.07, 6.45) is -14.2. The van der Waals surface area contributed by atoms with Crippen LogP contribution >= 0.6 is 0 Å². The maximum Gasteiger partial charge on any atom is 0.439 e. The maximum atomic E-state index is 13.2. The second-order valence-corrected chi connectivity index (χ2v) is 6.39. The van der Waals surface area contributed by atoms with E-state index in [-0.39, 0.29) is 11.1 Å². The molecule has 1 rings (SSSR count). The van der Waals surface area contributed by atoms with Gasteiger partial charge in [0.05, 0.1) is 5.57 Å². The SMILES string of the molecule is CC(C)(C)C(=O)/C(C#N)=C\c1ccc(OC(F)(F)[C@@H](F)C(F)(F)F)cc1. The van der Waals surface area contributed by atoms with Gasteiger partial charge in [-0.1, -0.05) is 32.9 Å². The maximum absolute atomic E-state index is 13.2. The number of halogens is 6. The van der Waals surface area contributed by atoms with Crippen molar-refractivity contribution in [2.75, 3.05) is 0 Å². The molecular weight excluding hydrogens is 364 g/mol. The van der Waals surface area contributed by atoms with Crippen LogP contribution < -0.4 is 4.74 Å². The Hall–Kier alpha value is -2.50. The number of ketones is 1. The lowest BCUT2D eigenvalue weighted by Crippen LogP contribution is -2.45. The summed E-state index contributed by atoms with van der Waals surface area (Å²) in [5.74, 6) is -1.16. The van der Waals surface area contributed by atoms with Crippen molar-refractivity contribution in [1.29, 1.82) is 5.26 Å². The van der Waals surface area contributed by atoms with Crippen LogP contribution in [0.15, 0.2) is 29.8 Å². The lowest BCUT2D eigenvalue weighted by atomic mass is 9.86. The third kappa shape index (κ3) is 5.51. The van der Waals surface area contributed by atoms with Gasteiger partial charge < -0.3 is 4.74 Å². The van der Waals surface area contributed by atoms with Crippen LogP contribution in [-0.4, -0.2) is 24.2 Å². The second-order valence-electron chi connectivity index (χ2n) is 6.39. The highest BCUT2D eigenvalue weighted by Gasteiger charge is 2.59. The van der Waals surface area contributed by atoms with Crippen LogP contribution in [0.3, 0.4) is 0 Å². The molecule has 0 aliphatic carbocycles. The van der Waals surface area contributed by atoms with E-state index in [9.17, 15) is 31.1 Å². The summed E-state index contributed by atoms with van der Waals surface area (Å²) in [7, 11) is 0. The molecule has 0 bridgehead atoms. The molecule has 0 spiro atoms. The molecule has 3 nitrogen and oxygen atoms in total. The van der Waals surface area contributed by atoms with Gasteiger partial charge in [-0.15, -0.1) is 0 Å². The van der Waals surface area contributed by atoms with Crippen LogP contribution in [0.4, 0.5) is 26.3 Å². The Balaban J connectivity index is 3.01. The number of nitrogens with zero attached hydrogens (tertiary/aromatic N) is 1. The monoisotopic (exact) mass is 379 g/mol. The first-order chi connectivity index (χ1) is 11.7. The van der Waals surface area contributed by atoms with Gasteiger partial charge in [0.25, 0.3) is 6.17 Å². The molecule has 0 unspecified atom stereocenters. The minimum absolute atomic E-state index is 0.183. The predicted molar refractivity (Wildman–Crippen MR) is 81.0 cm³/mol. The number of nitriles is 1. The van der Waals surface area contributed by atoms with Crippen molar-refractivity contribution in [3.63, 3.8) is 0 Å². The number of hydrogen-bond donors (Lipinski definition) is 0. The molecule has 26 heavy (non-hydrogen) atoms. The number of rotatable bonds is 5. The number of benzene rings is 1. The summed E-state index contributed by atoms with van der Waals surface area (Å²) in [5, 5.41) is 9.05. The number of hydrogen-bond acceptors (Lipinski definition) is 3. The first kappa shape index (κ1) is 21.5. The summed E-state index contributed by atoms with van der Waals surface area (Å²) in [4.78, 5) is 12.1. The van der Waals surface area contributed by atoms with Gasteiger partial charge in [0.15, 0.2) is 5.78 Å². The van der Waals surface area contributed by atoms with Gasteiger partial charge in [-0.2, -0.15) is 27.2 Å². The summed E-state index contributed by atoms with van der Waals surface area (Å²) in [6, 6.07) is 5.75. The normalized spacial score (nSPS) is 14.5. The number of carbonyl (C=O) groups is 1. The molecule has 0 heterocycles. The van der Waals surface area contributed by atoms with E-state index in [0.717, 1.165) is 24.3 Å². The largest absolute Gasteiger partial charge is 0.439 e. The quantitative estimate of drug-likeness (QED) is 0.407. The third-order valence-electron chi connectivity index (χ3n) is 3.07. The smallest absolute Gasteiger partial charge is 0.430 e. The third-order valence-corrected chi connectivity index (χ3v) is 3.07. The first-order valence-electron chi connectivity index (χ1n) is 7.23. The van der Waals surface area contributed by atoms with Crippen LogP contribution in [0.1, 0.15) is 26.3 Å². The zero-order valence-corrected chi connectivity index (χ0v) is 14.0. The Morgan fingerprint density at radius 2 is 1.62 bits per heavy atom. The van der Waals surface area contributed by atoms with E-state index < -0.39 is 35.4 Å². The average molecular weight is 379 g/mol. The van der Waals surface area contributed by atoms with Crippen LogP contribution in [-0.2, 0) is 4.79 Å². The zero-order valence-electron chi connectivity index (χ0n) is 14.0. The summed E-state index contributed by atoms with van der Waals surface area (Å²) in [5.41, 5.74) is -0.750. The van der Waals surface area contributed by atoms with Crippen LogP contribution in [0.25, 0.3) is 6.08 Å². The van der Waals surface area contributed by atoms with Crippen LogP contribution in [0.5, 0.6) is 5.75 Å². The highest BCUT2D eigenvalue weighted by molar-refractivity contribution is 6.06. The van der Waals surface area contributed by atoms with E-state index in [1.54, 1.807) is 26.8 Å². The van der Waals surface area contributed by atoms with Gasteiger partial charge in [-0.3, -0.25) is 4.79 Å². The average Bonchev–Trinajstić information content (AvgIpc) is 2.50. The van der Waals surface area contributed by atoms with Crippen molar-refractivity contribution in [3.8, 4) is 11.8 Å². The predicted octanol–water partition coefficient (Wildman–Crippen LogP) is 5.08. The van der Waals surface area contributed by atoms with Crippen molar-refractivity contribution < 1.29 is 35.9 Å². The van der Waals surface area contributed by atoms with Gasteiger partial charge in [-0.25, -0.2) is 4.39 Å². The fourth-order valence-corrected chi connectivity index (χ4v) is 1.75. The van der Waals surface area contributed by atoms with Gasteiger partial charge in [-0.05, 0) is 23.8 Å². The minimum Gasteiger partial charge on any atom is -0.430 e. The van der Waals surface area contributed by atoms with Crippen molar-refractivity contribution in [3.05, 3.63) is 35.4 Å². The van der Waals surface area contributed by atoms with Gasteiger partial charge in [0, 0.05) is 5.41 Å². The van der Waals surface area contributed by atoms with Gasteiger partial charge >= 0.3 is 12.3 Å². The van der Waals surface area contributed by atoms with E-state index in [4.69, 9.17) is 5.26 Å². The second kappa shape index (κ2) is 7.40. The van der Waals surface area contributed by atoms with Crippen molar-refractivity contribution in [2.24, 2.45) is 5.41 Å². The van der Waals surface area contributed by atoms with E-state index in [0.29, 0.717) is 0 Å². The lowest BCUT2D eigenvalue weighted by molar-refractivity contribution is -0.304. The van der Waals surface area contributed by atoms with E-state index >= 15 is 0 Å². The fraction of sp³-hybridized carbons (Fsp3) is 0.412. The van der Waals surface area contributed by atoms with E-state index in [2.05, 4.69) is 4.74 Å². The molecule has 0 saturated carbocycles. The molecule has 0 aliphatic rings. The molecule has 0 saturated heterocycles. The Morgan fingerprint density at radius 1 is 1.12 bits per heavy atom. The topological polar surface area (TPSA) is 50.1 Å². The molecule has 0 radical (unpaired) electrons. The molecule has 0 N–H and O–H groups in total. The fourth-order valence-electron chi connectivity index (χ4n) is 1.75. The van der Waals surface area contributed by atoms with Gasteiger partial charge in [0.1, 0.15) is 11.8 Å².